The van der Waals surface area contributed by atoms with Crippen LogP contribution in [-0.4, -0.2) is 36.9 Å². The molecule has 5 rings (SSSR count). The van der Waals surface area contributed by atoms with Gasteiger partial charge >= 0.3 is 0 Å². The number of para-hydroxylation sites is 1. The van der Waals surface area contributed by atoms with Gasteiger partial charge < -0.3 is 9.80 Å². The highest BCUT2D eigenvalue weighted by atomic mass is 19.1. The minimum absolute atomic E-state index is 0.204. The zero-order valence-corrected chi connectivity index (χ0v) is 16.0. The van der Waals surface area contributed by atoms with Crippen LogP contribution in [0.1, 0.15) is 30.0 Å². The molecule has 1 fully saturated rings. The first kappa shape index (κ1) is 16.7. The maximum absolute atomic E-state index is 14.9. The maximum atomic E-state index is 14.9. The van der Waals surface area contributed by atoms with E-state index in [-0.39, 0.29) is 5.82 Å². The summed E-state index contributed by atoms with van der Waals surface area (Å²) in [4.78, 5) is 9.38. The van der Waals surface area contributed by atoms with E-state index < -0.39 is 5.79 Å². The minimum atomic E-state index is -0.694. The summed E-state index contributed by atoms with van der Waals surface area (Å²) in [7, 11) is 1.96. The number of halogens is 1. The number of anilines is 2. The molecule has 1 saturated heterocycles. The zero-order valence-electron chi connectivity index (χ0n) is 16.0. The Morgan fingerprint density at radius 1 is 1.19 bits per heavy atom. The van der Waals surface area contributed by atoms with Crippen LogP contribution in [0.2, 0.25) is 0 Å². The van der Waals surface area contributed by atoms with Gasteiger partial charge in [0, 0.05) is 24.8 Å². The summed E-state index contributed by atoms with van der Waals surface area (Å²) in [5, 5.41) is 1.96. The molecule has 1 atom stereocenters. The Balaban J connectivity index is 1.72. The third-order valence-corrected chi connectivity index (χ3v) is 5.84. The van der Waals surface area contributed by atoms with Gasteiger partial charge in [0.1, 0.15) is 11.7 Å². The number of hydrazine groups is 1. The summed E-state index contributed by atoms with van der Waals surface area (Å²) in [6.45, 7) is 5.64. The molecule has 0 bridgehead atoms. The lowest BCUT2D eigenvalue weighted by Gasteiger charge is -2.42. The number of nitrogens with one attached hydrogen (secondary N) is 1. The average Bonchev–Trinajstić information content (AvgIpc) is 2.95. The summed E-state index contributed by atoms with van der Waals surface area (Å²) in [5.41, 5.74) is 8.74. The number of aliphatic imine (C=N–C) groups is 1. The van der Waals surface area contributed by atoms with Crippen LogP contribution in [0.15, 0.2) is 41.4 Å². The molecule has 0 spiro atoms. The zero-order chi connectivity index (χ0) is 18.8. The van der Waals surface area contributed by atoms with Crippen molar-refractivity contribution in [3.05, 3.63) is 58.9 Å². The smallest absolute Gasteiger partial charge is 0.200 e. The Hall–Kier alpha value is -2.44. The van der Waals surface area contributed by atoms with Gasteiger partial charge in [0.05, 0.1) is 12.4 Å². The van der Waals surface area contributed by atoms with Gasteiger partial charge in [-0.2, -0.15) is 0 Å². The van der Waals surface area contributed by atoms with Crippen LogP contribution in [0.25, 0.3) is 0 Å². The van der Waals surface area contributed by atoms with E-state index in [2.05, 4.69) is 35.4 Å². The fourth-order valence-corrected chi connectivity index (χ4v) is 4.64. The molecular weight excluding hydrogens is 341 g/mol. The van der Waals surface area contributed by atoms with Crippen LogP contribution in [0.5, 0.6) is 0 Å². The molecule has 0 aromatic heterocycles. The number of fused-ring (bicyclic) bond motifs is 4. The number of rotatable bonds is 0. The molecule has 2 aromatic rings. The van der Waals surface area contributed by atoms with Gasteiger partial charge in [-0.25, -0.2) is 19.8 Å². The molecule has 2 aromatic carbocycles. The standard InChI is InChI=1S/C21H24FN5/c1-14-7-4-11-18-15(14)9-6-12-26(18)20-16-8-5-10-17(22)19(16)27-13-25(3)24-21(27,2)23-20/h4-5,7-8,10-11,24H,6,9,12-13H2,1-3H3. The van der Waals surface area contributed by atoms with E-state index in [0.717, 1.165) is 30.8 Å². The van der Waals surface area contributed by atoms with Gasteiger partial charge in [0.25, 0.3) is 0 Å². The van der Waals surface area contributed by atoms with E-state index in [1.54, 1.807) is 6.07 Å². The quantitative estimate of drug-likeness (QED) is 0.777. The number of hydrogen-bond donors (Lipinski definition) is 1. The predicted octanol–water partition coefficient (Wildman–Crippen LogP) is 3.23. The SMILES string of the molecule is Cc1cccc2c1CCCN2C1=NC2(C)NN(C)CN2c2c(F)cccc21. The number of amidine groups is 1. The van der Waals surface area contributed by atoms with Crippen molar-refractivity contribution in [1.29, 1.82) is 0 Å². The largest absolute Gasteiger partial charge is 0.326 e. The Bertz CT molecular complexity index is 956. The lowest BCUT2D eigenvalue weighted by molar-refractivity contribution is 0.248. The maximum Gasteiger partial charge on any atom is 0.200 e. The molecule has 5 nitrogen and oxygen atoms in total. The second-order valence-corrected chi connectivity index (χ2v) is 7.80. The van der Waals surface area contributed by atoms with Gasteiger partial charge in [0.15, 0.2) is 5.79 Å². The van der Waals surface area contributed by atoms with Gasteiger partial charge in [-0.3, -0.25) is 0 Å². The third kappa shape index (κ3) is 2.40. The molecule has 0 amide bonds. The highest BCUT2D eigenvalue weighted by molar-refractivity contribution is 6.15. The van der Waals surface area contributed by atoms with Crippen molar-refractivity contribution >= 4 is 17.2 Å². The molecule has 0 aliphatic carbocycles. The normalized spacial score (nSPS) is 24.4. The van der Waals surface area contributed by atoms with Crippen molar-refractivity contribution < 1.29 is 4.39 Å². The molecule has 140 valence electrons. The summed E-state index contributed by atoms with van der Waals surface area (Å²) in [6.07, 6.45) is 2.14. The fourth-order valence-electron chi connectivity index (χ4n) is 4.64. The van der Waals surface area contributed by atoms with Crippen molar-refractivity contribution in [1.82, 2.24) is 10.4 Å². The van der Waals surface area contributed by atoms with E-state index in [1.807, 2.05) is 29.9 Å². The van der Waals surface area contributed by atoms with Gasteiger partial charge in [-0.15, -0.1) is 0 Å². The number of aryl methyl sites for hydroxylation is 1. The first-order chi connectivity index (χ1) is 13.0. The summed E-state index contributed by atoms with van der Waals surface area (Å²) in [5.74, 6) is -0.0527. The van der Waals surface area contributed by atoms with E-state index in [1.165, 1.54) is 22.9 Å². The Morgan fingerprint density at radius 3 is 2.85 bits per heavy atom. The number of nitrogens with zero attached hydrogens (tertiary/aromatic N) is 4. The Labute approximate surface area is 159 Å². The minimum Gasteiger partial charge on any atom is -0.326 e. The summed E-state index contributed by atoms with van der Waals surface area (Å²) >= 11 is 0. The van der Waals surface area contributed by atoms with Crippen LogP contribution < -0.4 is 15.2 Å². The van der Waals surface area contributed by atoms with E-state index in [4.69, 9.17) is 4.99 Å². The topological polar surface area (TPSA) is 34.1 Å². The van der Waals surface area contributed by atoms with Gasteiger partial charge in [0.2, 0.25) is 0 Å². The van der Waals surface area contributed by atoms with Crippen molar-refractivity contribution in [2.75, 3.05) is 30.1 Å². The second-order valence-electron chi connectivity index (χ2n) is 7.80. The molecule has 27 heavy (non-hydrogen) atoms. The molecule has 3 aliphatic rings. The average molecular weight is 365 g/mol. The Kier molecular flexibility index (Phi) is 3.58. The number of hydrogen-bond acceptors (Lipinski definition) is 5. The summed E-state index contributed by atoms with van der Waals surface area (Å²) in [6, 6.07) is 11.7. The first-order valence-electron chi connectivity index (χ1n) is 9.49. The lowest BCUT2D eigenvalue weighted by atomic mass is 9.95. The molecule has 0 saturated carbocycles. The van der Waals surface area contributed by atoms with Crippen LogP contribution in [0.3, 0.4) is 0 Å². The van der Waals surface area contributed by atoms with Crippen LogP contribution in [0.4, 0.5) is 15.8 Å². The van der Waals surface area contributed by atoms with Crippen LogP contribution >= 0.6 is 0 Å². The van der Waals surface area contributed by atoms with Crippen molar-refractivity contribution in [3.63, 3.8) is 0 Å². The van der Waals surface area contributed by atoms with Crippen molar-refractivity contribution in [2.24, 2.45) is 4.99 Å². The lowest BCUT2D eigenvalue weighted by Crippen LogP contribution is -2.54. The molecule has 0 radical (unpaired) electrons. The monoisotopic (exact) mass is 365 g/mol. The fraction of sp³-hybridized carbons (Fsp3) is 0.381. The molecule has 1 N–H and O–H groups in total. The summed E-state index contributed by atoms with van der Waals surface area (Å²) < 4.78 is 14.9. The van der Waals surface area contributed by atoms with E-state index >= 15 is 0 Å². The molecule has 3 aliphatic heterocycles. The van der Waals surface area contributed by atoms with Crippen LogP contribution in [0, 0.1) is 12.7 Å². The molecule has 6 heteroatoms. The molecular formula is C21H24FN5. The highest BCUT2D eigenvalue weighted by Gasteiger charge is 2.46. The third-order valence-electron chi connectivity index (χ3n) is 5.84. The second kappa shape index (κ2) is 5.78. The first-order valence-corrected chi connectivity index (χ1v) is 9.49. The number of benzene rings is 2. The Morgan fingerprint density at radius 2 is 2.00 bits per heavy atom. The van der Waals surface area contributed by atoms with Crippen molar-refractivity contribution in [2.45, 2.75) is 32.5 Å². The van der Waals surface area contributed by atoms with Crippen molar-refractivity contribution in [3.8, 4) is 0 Å². The van der Waals surface area contributed by atoms with E-state index in [0.29, 0.717) is 12.4 Å². The van der Waals surface area contributed by atoms with Crippen LogP contribution in [-0.2, 0) is 6.42 Å². The highest BCUT2D eigenvalue weighted by Crippen LogP contribution is 2.40. The molecule has 3 heterocycles. The van der Waals surface area contributed by atoms with Gasteiger partial charge in [-0.1, -0.05) is 18.2 Å². The predicted molar refractivity (Wildman–Crippen MR) is 106 cm³/mol. The van der Waals surface area contributed by atoms with Gasteiger partial charge in [-0.05, 0) is 56.0 Å². The molecule has 1 unspecified atom stereocenters. The van der Waals surface area contributed by atoms with E-state index in [9.17, 15) is 4.39 Å².